The molecule has 0 amide bonds. The van der Waals surface area contributed by atoms with Crippen LogP contribution in [0, 0.1) is 5.82 Å². The average molecular weight is 336 g/mol. The molecule has 0 aliphatic heterocycles. The van der Waals surface area contributed by atoms with Crippen molar-refractivity contribution < 1.29 is 4.39 Å². The maximum absolute atomic E-state index is 13.4. The third-order valence-electron chi connectivity index (χ3n) is 3.73. The monoisotopic (exact) mass is 335 g/mol. The van der Waals surface area contributed by atoms with Gasteiger partial charge in [0.25, 0.3) is 0 Å². The molecule has 4 rings (SSSR count). The minimum absolute atomic E-state index is 0.0692. The molecule has 5 heteroatoms. The Morgan fingerprint density at radius 2 is 1.67 bits per heavy atom. The van der Waals surface area contributed by atoms with Crippen LogP contribution in [0.1, 0.15) is 0 Å². The van der Waals surface area contributed by atoms with E-state index >= 15 is 0 Å². The molecule has 0 N–H and O–H groups in total. The van der Waals surface area contributed by atoms with E-state index in [1.54, 1.807) is 24.5 Å². The summed E-state index contributed by atoms with van der Waals surface area (Å²) in [6.45, 7) is 0. The molecule has 0 radical (unpaired) electrons. The number of rotatable bonds is 2. The van der Waals surface area contributed by atoms with Gasteiger partial charge in [-0.2, -0.15) is 0 Å². The van der Waals surface area contributed by atoms with Gasteiger partial charge in [0, 0.05) is 23.5 Å². The summed E-state index contributed by atoms with van der Waals surface area (Å²) in [4.78, 5) is 13.4. The topological polar surface area (TPSA) is 38.7 Å². The van der Waals surface area contributed by atoms with Crippen LogP contribution in [0.4, 0.5) is 4.39 Å². The van der Waals surface area contributed by atoms with Crippen LogP contribution in [0.2, 0.25) is 5.02 Å². The standard InChI is InChI=1S/C19H11ClFN3/c20-14-11-12(5-6-15(14)21)19-13(3-1-10-23-19)16-7-8-17-18(24-16)4-2-9-22-17/h1-11H. The lowest BCUT2D eigenvalue weighted by Crippen LogP contribution is -1.92. The van der Waals surface area contributed by atoms with Crippen LogP contribution >= 0.6 is 11.6 Å². The zero-order chi connectivity index (χ0) is 16.5. The van der Waals surface area contributed by atoms with E-state index in [9.17, 15) is 4.39 Å². The highest BCUT2D eigenvalue weighted by Crippen LogP contribution is 2.31. The quantitative estimate of drug-likeness (QED) is 0.508. The van der Waals surface area contributed by atoms with Crippen LogP contribution in [-0.4, -0.2) is 15.0 Å². The van der Waals surface area contributed by atoms with E-state index in [-0.39, 0.29) is 5.02 Å². The second-order valence-corrected chi connectivity index (χ2v) is 5.67. The van der Waals surface area contributed by atoms with Crippen molar-refractivity contribution in [2.75, 3.05) is 0 Å². The van der Waals surface area contributed by atoms with Gasteiger partial charge in [0.2, 0.25) is 0 Å². The summed E-state index contributed by atoms with van der Waals surface area (Å²) in [6, 6.07) is 15.9. The van der Waals surface area contributed by atoms with Gasteiger partial charge in [-0.15, -0.1) is 0 Å². The molecular weight excluding hydrogens is 325 g/mol. The molecule has 3 nitrogen and oxygen atoms in total. The molecule has 116 valence electrons. The predicted molar refractivity (Wildman–Crippen MR) is 93.2 cm³/mol. The zero-order valence-corrected chi connectivity index (χ0v) is 13.2. The minimum atomic E-state index is -0.451. The van der Waals surface area contributed by atoms with E-state index in [2.05, 4.69) is 15.0 Å². The fourth-order valence-corrected chi connectivity index (χ4v) is 2.77. The lowest BCUT2D eigenvalue weighted by atomic mass is 10.0. The van der Waals surface area contributed by atoms with Crippen LogP contribution in [0.3, 0.4) is 0 Å². The Morgan fingerprint density at radius 1 is 0.833 bits per heavy atom. The number of fused-ring (bicyclic) bond motifs is 1. The summed E-state index contributed by atoms with van der Waals surface area (Å²) in [5.74, 6) is -0.451. The molecule has 0 fully saturated rings. The van der Waals surface area contributed by atoms with Gasteiger partial charge in [-0.25, -0.2) is 9.37 Å². The largest absolute Gasteiger partial charge is 0.256 e. The van der Waals surface area contributed by atoms with Crippen molar-refractivity contribution in [3.8, 4) is 22.5 Å². The van der Waals surface area contributed by atoms with Crippen LogP contribution in [-0.2, 0) is 0 Å². The van der Waals surface area contributed by atoms with E-state index in [0.29, 0.717) is 5.69 Å². The molecular formula is C19H11ClFN3. The molecule has 0 saturated heterocycles. The van der Waals surface area contributed by atoms with Gasteiger partial charge in [0.05, 0.1) is 27.4 Å². The second-order valence-electron chi connectivity index (χ2n) is 5.27. The summed E-state index contributed by atoms with van der Waals surface area (Å²) in [5.41, 5.74) is 4.71. The molecule has 0 aliphatic rings. The van der Waals surface area contributed by atoms with Gasteiger partial charge in [-0.3, -0.25) is 9.97 Å². The molecule has 1 aromatic carbocycles. The lowest BCUT2D eigenvalue weighted by Gasteiger charge is -2.09. The van der Waals surface area contributed by atoms with E-state index in [0.717, 1.165) is 27.9 Å². The van der Waals surface area contributed by atoms with Crippen molar-refractivity contribution in [1.29, 1.82) is 0 Å². The van der Waals surface area contributed by atoms with Crippen molar-refractivity contribution >= 4 is 22.6 Å². The van der Waals surface area contributed by atoms with Crippen molar-refractivity contribution in [2.24, 2.45) is 0 Å². The Hall–Kier alpha value is -2.85. The number of pyridine rings is 3. The normalized spacial score (nSPS) is 10.9. The van der Waals surface area contributed by atoms with Gasteiger partial charge < -0.3 is 0 Å². The second kappa shape index (κ2) is 5.98. The first-order chi connectivity index (χ1) is 11.7. The van der Waals surface area contributed by atoms with E-state index in [1.807, 2.05) is 36.4 Å². The van der Waals surface area contributed by atoms with Crippen molar-refractivity contribution in [3.05, 3.63) is 77.8 Å². The smallest absolute Gasteiger partial charge is 0.141 e. The summed E-state index contributed by atoms with van der Waals surface area (Å²) < 4.78 is 13.4. The van der Waals surface area contributed by atoms with E-state index in [4.69, 9.17) is 11.6 Å². The first kappa shape index (κ1) is 14.7. The van der Waals surface area contributed by atoms with Crippen LogP contribution < -0.4 is 0 Å². The summed E-state index contributed by atoms with van der Waals surface area (Å²) in [7, 11) is 0. The van der Waals surface area contributed by atoms with Crippen LogP contribution in [0.15, 0.2) is 67.0 Å². The highest BCUT2D eigenvalue weighted by Gasteiger charge is 2.12. The highest BCUT2D eigenvalue weighted by molar-refractivity contribution is 6.31. The number of aromatic nitrogens is 3. The Bertz CT molecular complexity index is 1050. The molecule has 0 bridgehead atoms. The zero-order valence-electron chi connectivity index (χ0n) is 12.4. The van der Waals surface area contributed by atoms with Crippen molar-refractivity contribution in [1.82, 2.24) is 15.0 Å². The van der Waals surface area contributed by atoms with Gasteiger partial charge in [0.15, 0.2) is 0 Å². The Kier molecular flexibility index (Phi) is 3.67. The fraction of sp³-hybridized carbons (Fsp3) is 0. The highest BCUT2D eigenvalue weighted by atomic mass is 35.5. The molecule has 3 aromatic heterocycles. The molecule has 0 atom stereocenters. The van der Waals surface area contributed by atoms with E-state index in [1.165, 1.54) is 6.07 Å². The van der Waals surface area contributed by atoms with Crippen molar-refractivity contribution in [3.63, 3.8) is 0 Å². The number of benzene rings is 1. The SMILES string of the molecule is Fc1ccc(-c2ncccc2-c2ccc3ncccc3n2)cc1Cl. The average Bonchev–Trinajstić information content (AvgIpc) is 2.63. The Morgan fingerprint density at radius 3 is 2.54 bits per heavy atom. The Labute approximate surface area is 142 Å². The van der Waals surface area contributed by atoms with Crippen molar-refractivity contribution in [2.45, 2.75) is 0 Å². The third kappa shape index (κ3) is 2.61. The van der Waals surface area contributed by atoms with E-state index < -0.39 is 5.82 Å². The third-order valence-corrected chi connectivity index (χ3v) is 4.02. The number of hydrogen-bond donors (Lipinski definition) is 0. The molecule has 0 unspecified atom stereocenters. The molecule has 0 spiro atoms. The first-order valence-corrected chi connectivity index (χ1v) is 7.73. The molecule has 24 heavy (non-hydrogen) atoms. The van der Waals surface area contributed by atoms with Gasteiger partial charge in [-0.05, 0) is 54.6 Å². The molecule has 0 saturated carbocycles. The maximum Gasteiger partial charge on any atom is 0.141 e. The van der Waals surface area contributed by atoms with Gasteiger partial charge >= 0.3 is 0 Å². The number of halogens is 2. The molecule has 4 aromatic rings. The first-order valence-electron chi connectivity index (χ1n) is 7.35. The maximum atomic E-state index is 13.4. The molecule has 0 aliphatic carbocycles. The number of hydrogen-bond acceptors (Lipinski definition) is 3. The summed E-state index contributed by atoms with van der Waals surface area (Å²) >= 11 is 5.91. The van der Waals surface area contributed by atoms with Gasteiger partial charge in [0.1, 0.15) is 5.82 Å². The fourth-order valence-electron chi connectivity index (χ4n) is 2.59. The molecule has 3 heterocycles. The Balaban J connectivity index is 1.90. The number of nitrogens with zero attached hydrogens (tertiary/aromatic N) is 3. The minimum Gasteiger partial charge on any atom is -0.256 e. The predicted octanol–water partition coefficient (Wildman–Crippen LogP) is 5.15. The van der Waals surface area contributed by atoms with Crippen LogP contribution in [0.5, 0.6) is 0 Å². The summed E-state index contributed by atoms with van der Waals surface area (Å²) in [6.07, 6.45) is 3.43. The lowest BCUT2D eigenvalue weighted by molar-refractivity contribution is 0.628. The van der Waals surface area contributed by atoms with Crippen LogP contribution in [0.25, 0.3) is 33.5 Å². The van der Waals surface area contributed by atoms with Gasteiger partial charge in [-0.1, -0.05) is 11.6 Å². The summed E-state index contributed by atoms with van der Waals surface area (Å²) in [5, 5.41) is 0.0692.